The van der Waals surface area contributed by atoms with Crippen LogP contribution in [-0.2, 0) is 29.2 Å². The Kier molecular flexibility index (Phi) is 9.05. The topological polar surface area (TPSA) is 123 Å². The smallest absolute Gasteiger partial charge is 0.328 e. The van der Waals surface area contributed by atoms with Crippen LogP contribution >= 0.6 is 0 Å². The first kappa shape index (κ1) is 30.2. The summed E-state index contributed by atoms with van der Waals surface area (Å²) < 4.78 is 34.0. The minimum Gasteiger partial charge on any atom is -0.484 e. The first-order chi connectivity index (χ1) is 21.8. The first-order valence-corrected chi connectivity index (χ1v) is 15.0. The van der Waals surface area contributed by atoms with Gasteiger partial charge in [0.2, 0.25) is 5.88 Å². The lowest BCUT2D eigenvalue weighted by Gasteiger charge is -2.32. The number of halogens is 1. The maximum absolute atomic E-state index is 14.2. The Bertz CT molecular complexity index is 1770. The van der Waals surface area contributed by atoms with E-state index >= 15 is 0 Å². The molecule has 1 atom stereocenters. The molecular formula is C34H34FN5O5. The van der Waals surface area contributed by atoms with E-state index in [1.165, 1.54) is 18.2 Å². The summed E-state index contributed by atoms with van der Waals surface area (Å²) in [6.45, 7) is 5.70. The number of imidazole rings is 1. The molecule has 2 aromatic carbocycles. The minimum absolute atomic E-state index is 0.00892. The van der Waals surface area contributed by atoms with E-state index < -0.39 is 11.8 Å². The van der Waals surface area contributed by atoms with Gasteiger partial charge in [-0.1, -0.05) is 12.1 Å². The third-order valence-corrected chi connectivity index (χ3v) is 8.21. The molecule has 45 heavy (non-hydrogen) atoms. The van der Waals surface area contributed by atoms with E-state index in [1.807, 2.05) is 36.4 Å². The van der Waals surface area contributed by atoms with E-state index in [-0.39, 0.29) is 30.1 Å². The van der Waals surface area contributed by atoms with Gasteiger partial charge in [0.25, 0.3) is 0 Å². The van der Waals surface area contributed by atoms with Crippen molar-refractivity contribution in [3.63, 3.8) is 0 Å². The Hall–Kier alpha value is -4.79. The molecule has 2 aliphatic rings. The molecule has 0 radical (unpaired) electrons. The number of ether oxygens (including phenoxy) is 3. The molecule has 2 saturated heterocycles. The second-order valence-electron chi connectivity index (χ2n) is 11.4. The van der Waals surface area contributed by atoms with Crippen LogP contribution in [0.2, 0.25) is 0 Å². The number of hydrogen-bond donors (Lipinski definition) is 1. The third kappa shape index (κ3) is 7.30. The van der Waals surface area contributed by atoms with Crippen LogP contribution in [0, 0.1) is 17.1 Å². The van der Waals surface area contributed by atoms with Gasteiger partial charge in [0.05, 0.1) is 47.6 Å². The van der Waals surface area contributed by atoms with Crippen LogP contribution in [0.3, 0.4) is 0 Å². The summed E-state index contributed by atoms with van der Waals surface area (Å²) in [6, 6.07) is 17.3. The number of carboxylic acids is 1. The van der Waals surface area contributed by atoms with Crippen molar-refractivity contribution in [1.29, 1.82) is 5.26 Å². The molecule has 1 N–H and O–H groups in total. The zero-order valence-electron chi connectivity index (χ0n) is 25.0. The number of rotatable bonds is 11. The van der Waals surface area contributed by atoms with Gasteiger partial charge in [-0.3, -0.25) is 4.90 Å². The number of nitriles is 1. The van der Waals surface area contributed by atoms with Gasteiger partial charge in [-0.25, -0.2) is 19.2 Å². The summed E-state index contributed by atoms with van der Waals surface area (Å²) in [5.74, 6) is -0.0298. The predicted molar refractivity (Wildman–Crippen MR) is 164 cm³/mol. The molecule has 0 bridgehead atoms. The van der Waals surface area contributed by atoms with E-state index in [9.17, 15) is 14.3 Å². The highest BCUT2D eigenvalue weighted by Gasteiger charge is 2.26. The van der Waals surface area contributed by atoms with E-state index in [2.05, 4.69) is 14.5 Å². The standard InChI is InChI=1S/C34H34FN5O5/c1-22(15-34(41)42)24-6-7-29-30(17-24)40(19-27-11-14-43-27)32(38-29)20-39-12-9-26(10-13-39)45-33-4-2-3-25(37-33)21-44-31-8-5-23(18-36)16-28(31)35/h2-8,15-17,26-27H,9-14,19-21H2,1H3,(H,41,42)/b22-15+/t27-/m0/s1. The van der Waals surface area contributed by atoms with Gasteiger partial charge in [-0.2, -0.15) is 5.26 Å². The Morgan fingerprint density at radius 1 is 1.16 bits per heavy atom. The second kappa shape index (κ2) is 13.5. The Balaban J connectivity index is 1.07. The molecule has 4 aromatic rings. The number of carbonyl (C=O) groups is 1. The summed E-state index contributed by atoms with van der Waals surface area (Å²) in [6.07, 6.45) is 4.04. The lowest BCUT2D eigenvalue weighted by molar-refractivity contribution is -0.131. The summed E-state index contributed by atoms with van der Waals surface area (Å²) in [5.41, 5.74) is 4.25. The lowest BCUT2D eigenvalue weighted by Crippen LogP contribution is -2.39. The molecule has 2 fully saturated rings. The van der Waals surface area contributed by atoms with E-state index in [0.29, 0.717) is 30.2 Å². The molecule has 0 aliphatic carbocycles. The quantitative estimate of drug-likeness (QED) is 0.224. The van der Waals surface area contributed by atoms with Crippen molar-refractivity contribution in [3.05, 3.63) is 89.1 Å². The number of aromatic nitrogens is 3. The fourth-order valence-corrected chi connectivity index (χ4v) is 5.64. The normalized spacial score (nSPS) is 17.5. The van der Waals surface area contributed by atoms with Crippen LogP contribution in [0.1, 0.15) is 48.8 Å². The van der Waals surface area contributed by atoms with Crippen molar-refractivity contribution in [2.24, 2.45) is 0 Å². The highest BCUT2D eigenvalue weighted by molar-refractivity contribution is 5.91. The van der Waals surface area contributed by atoms with Crippen LogP contribution in [0.25, 0.3) is 16.6 Å². The van der Waals surface area contributed by atoms with Crippen molar-refractivity contribution in [3.8, 4) is 17.7 Å². The largest absolute Gasteiger partial charge is 0.484 e. The fourth-order valence-electron chi connectivity index (χ4n) is 5.64. The number of piperidine rings is 1. The Labute approximate surface area is 260 Å². The van der Waals surface area contributed by atoms with E-state index in [1.54, 1.807) is 13.0 Å². The molecular weight excluding hydrogens is 577 g/mol. The molecule has 0 unspecified atom stereocenters. The Morgan fingerprint density at radius 3 is 2.69 bits per heavy atom. The highest BCUT2D eigenvalue weighted by atomic mass is 19.1. The maximum atomic E-state index is 14.2. The van der Waals surface area contributed by atoms with Gasteiger partial charge < -0.3 is 23.9 Å². The number of aliphatic carboxylic acids is 1. The minimum atomic E-state index is -0.967. The van der Waals surface area contributed by atoms with E-state index in [0.717, 1.165) is 67.4 Å². The first-order valence-electron chi connectivity index (χ1n) is 15.0. The molecule has 11 heteroatoms. The van der Waals surface area contributed by atoms with Gasteiger partial charge >= 0.3 is 5.97 Å². The van der Waals surface area contributed by atoms with Gasteiger partial charge in [-0.05, 0) is 73.7 Å². The van der Waals surface area contributed by atoms with Gasteiger partial charge in [0.1, 0.15) is 18.5 Å². The lowest BCUT2D eigenvalue weighted by atomic mass is 10.1. The molecule has 0 amide bonds. The van der Waals surface area contributed by atoms with Crippen molar-refractivity contribution < 1.29 is 28.5 Å². The van der Waals surface area contributed by atoms with Crippen LogP contribution in [0.4, 0.5) is 4.39 Å². The van der Waals surface area contributed by atoms with Crippen LogP contribution < -0.4 is 9.47 Å². The predicted octanol–water partition coefficient (Wildman–Crippen LogP) is 5.34. The molecule has 2 aromatic heterocycles. The molecule has 0 saturated carbocycles. The van der Waals surface area contributed by atoms with Crippen LogP contribution in [-0.4, -0.2) is 62.4 Å². The summed E-state index contributed by atoms with van der Waals surface area (Å²) in [7, 11) is 0. The van der Waals surface area contributed by atoms with Crippen LogP contribution in [0.5, 0.6) is 11.6 Å². The van der Waals surface area contributed by atoms with Crippen LogP contribution in [0.15, 0.2) is 60.7 Å². The number of benzene rings is 2. The number of hydrogen-bond acceptors (Lipinski definition) is 8. The number of likely N-dealkylation sites (tertiary alicyclic amines) is 1. The molecule has 232 valence electrons. The summed E-state index contributed by atoms with van der Waals surface area (Å²) >= 11 is 0. The molecule has 10 nitrogen and oxygen atoms in total. The zero-order valence-corrected chi connectivity index (χ0v) is 25.0. The molecule has 0 spiro atoms. The number of nitrogens with zero attached hydrogens (tertiary/aromatic N) is 5. The molecule has 6 rings (SSSR count). The Morgan fingerprint density at radius 2 is 1.98 bits per heavy atom. The highest BCUT2D eigenvalue weighted by Crippen LogP contribution is 2.27. The SMILES string of the molecule is C/C(=C\C(=O)O)c1ccc2nc(CN3CCC(Oc4cccc(COc5ccc(C#N)cc5F)n4)CC3)n(C[C@@H]3CCO3)c2c1. The number of allylic oxidation sites excluding steroid dienone is 1. The van der Waals surface area contributed by atoms with Gasteiger partial charge in [0.15, 0.2) is 11.6 Å². The number of fused-ring (bicyclic) bond motifs is 1. The van der Waals surface area contributed by atoms with Gasteiger partial charge in [0, 0.05) is 31.8 Å². The average molecular weight is 612 g/mol. The number of carboxylic acid groups (broad SMARTS) is 1. The zero-order chi connectivity index (χ0) is 31.3. The maximum Gasteiger partial charge on any atom is 0.328 e. The van der Waals surface area contributed by atoms with Crippen molar-refractivity contribution in [2.45, 2.75) is 58.1 Å². The summed E-state index contributed by atoms with van der Waals surface area (Å²) in [5, 5.41) is 18.1. The summed E-state index contributed by atoms with van der Waals surface area (Å²) in [4.78, 5) is 23.1. The number of pyridine rings is 1. The van der Waals surface area contributed by atoms with Crippen molar-refractivity contribution in [1.82, 2.24) is 19.4 Å². The fraction of sp³-hybridized carbons (Fsp3) is 0.353. The molecule has 4 heterocycles. The third-order valence-electron chi connectivity index (χ3n) is 8.21. The van der Waals surface area contributed by atoms with E-state index in [4.69, 9.17) is 24.5 Å². The molecule has 2 aliphatic heterocycles. The van der Waals surface area contributed by atoms with Crippen molar-refractivity contribution >= 4 is 22.6 Å². The average Bonchev–Trinajstić information content (AvgIpc) is 3.34. The van der Waals surface area contributed by atoms with Crippen molar-refractivity contribution in [2.75, 3.05) is 19.7 Å². The second-order valence-corrected chi connectivity index (χ2v) is 11.4. The monoisotopic (exact) mass is 611 g/mol. The van der Waals surface area contributed by atoms with Gasteiger partial charge in [-0.15, -0.1) is 0 Å².